The number of hydrogen-bond donors (Lipinski definition) is 1. The monoisotopic (exact) mass is 481 g/mol. The summed E-state index contributed by atoms with van der Waals surface area (Å²) in [5.74, 6) is 0.143. The minimum Gasteiger partial charge on any atom is -0.382 e. The van der Waals surface area contributed by atoms with Gasteiger partial charge in [-0.25, -0.2) is 4.98 Å². The van der Waals surface area contributed by atoms with Crippen LogP contribution in [0.1, 0.15) is 19.2 Å². The van der Waals surface area contributed by atoms with E-state index >= 15 is 0 Å². The third-order valence-corrected chi connectivity index (χ3v) is 5.33. The number of amides is 1. The number of carbonyl (C=O) groups is 1. The lowest BCUT2D eigenvalue weighted by Crippen LogP contribution is -2.25. The van der Waals surface area contributed by atoms with Gasteiger partial charge in [-0.15, -0.1) is 0 Å². The molecule has 0 aliphatic rings. The van der Waals surface area contributed by atoms with Crippen molar-refractivity contribution in [3.05, 3.63) is 38.9 Å². The molecule has 0 atom stereocenters. The number of anilines is 1. The highest BCUT2D eigenvalue weighted by Gasteiger charge is 2.15. The first-order chi connectivity index (χ1) is 14.0. The van der Waals surface area contributed by atoms with E-state index in [9.17, 15) is 9.59 Å². The molecule has 9 nitrogen and oxygen atoms in total. The van der Waals surface area contributed by atoms with Gasteiger partial charge >= 0.3 is 6.01 Å². The van der Waals surface area contributed by atoms with Crippen molar-refractivity contribution in [3.63, 3.8) is 0 Å². The molecule has 2 aromatic heterocycles. The van der Waals surface area contributed by atoms with E-state index in [-0.39, 0.29) is 23.2 Å². The highest BCUT2D eigenvalue weighted by molar-refractivity contribution is 9.10. The summed E-state index contributed by atoms with van der Waals surface area (Å²) in [5.41, 5.74) is 0.429. The van der Waals surface area contributed by atoms with Gasteiger partial charge in [-0.05, 0) is 38.5 Å². The molecule has 0 unspecified atom stereocenters. The lowest BCUT2D eigenvalue weighted by molar-refractivity contribution is -0.114. The number of ether oxygens (including phenoxy) is 1. The largest absolute Gasteiger partial charge is 0.382 e. The van der Waals surface area contributed by atoms with Crippen LogP contribution in [0.4, 0.5) is 6.01 Å². The van der Waals surface area contributed by atoms with E-state index in [0.717, 1.165) is 4.47 Å². The number of thioether (sulfide) groups is 1. The van der Waals surface area contributed by atoms with Gasteiger partial charge in [-0.3, -0.25) is 19.5 Å². The molecule has 2 heterocycles. The Morgan fingerprint density at radius 2 is 2.21 bits per heavy atom. The summed E-state index contributed by atoms with van der Waals surface area (Å²) in [5, 5.41) is 7.14. The molecule has 1 amide bonds. The summed E-state index contributed by atoms with van der Waals surface area (Å²) in [6.45, 7) is 5.19. The maximum absolute atomic E-state index is 13.0. The molecule has 0 saturated heterocycles. The molecule has 0 fully saturated rings. The lowest BCUT2D eigenvalue weighted by Gasteiger charge is -2.13. The smallest absolute Gasteiger partial charge is 0.328 e. The van der Waals surface area contributed by atoms with Crippen molar-refractivity contribution in [2.24, 2.45) is 0 Å². The second-order valence-corrected chi connectivity index (χ2v) is 7.90. The molecular formula is C18H20BrN5O4S. The average Bonchev–Trinajstić information content (AvgIpc) is 3.10. The van der Waals surface area contributed by atoms with Gasteiger partial charge in [0, 0.05) is 24.2 Å². The first-order valence-corrected chi connectivity index (χ1v) is 10.8. The van der Waals surface area contributed by atoms with Crippen LogP contribution in [0.5, 0.6) is 0 Å². The molecule has 1 N–H and O–H groups in total. The van der Waals surface area contributed by atoms with Crippen LogP contribution >= 0.6 is 27.7 Å². The van der Waals surface area contributed by atoms with E-state index in [2.05, 4.69) is 36.4 Å². The third-order valence-electron chi connectivity index (χ3n) is 3.86. The molecule has 0 bridgehead atoms. The van der Waals surface area contributed by atoms with Gasteiger partial charge in [0.05, 0.1) is 16.7 Å². The van der Waals surface area contributed by atoms with Crippen LogP contribution in [0, 0.1) is 6.92 Å². The second-order valence-electron chi connectivity index (χ2n) is 6.05. The Morgan fingerprint density at radius 1 is 1.38 bits per heavy atom. The molecule has 0 radical (unpaired) electrons. The highest BCUT2D eigenvalue weighted by atomic mass is 79.9. The fourth-order valence-electron chi connectivity index (χ4n) is 2.58. The number of halogens is 1. The number of hydrogen-bond acceptors (Lipinski definition) is 8. The van der Waals surface area contributed by atoms with E-state index in [4.69, 9.17) is 9.26 Å². The van der Waals surface area contributed by atoms with Crippen LogP contribution in [0.2, 0.25) is 0 Å². The molecule has 3 aromatic rings. The molecular weight excluding hydrogens is 462 g/mol. The zero-order valence-corrected chi connectivity index (χ0v) is 18.4. The number of nitrogens with one attached hydrogen (secondary N) is 1. The molecule has 1 aromatic carbocycles. The van der Waals surface area contributed by atoms with E-state index < -0.39 is 0 Å². The topological polar surface area (TPSA) is 112 Å². The van der Waals surface area contributed by atoms with Gasteiger partial charge in [0.2, 0.25) is 5.91 Å². The standard InChI is InChI=1S/C18H20BrN5O4S/c1-3-27-8-4-7-24-16(26)13-9-12(19)5-6-14(13)21-18(24)29-10-15(25)22-17-20-11(2)23-28-17/h5-6,9H,3-4,7-8,10H2,1-2H3,(H,20,22,23,25). The Bertz CT molecular complexity index is 1070. The maximum Gasteiger partial charge on any atom is 0.328 e. The van der Waals surface area contributed by atoms with Crippen molar-refractivity contribution in [2.45, 2.75) is 32.0 Å². The number of carbonyl (C=O) groups excluding carboxylic acids is 1. The third kappa shape index (κ3) is 5.64. The summed E-state index contributed by atoms with van der Waals surface area (Å²) < 4.78 is 12.6. The molecule has 11 heteroatoms. The quantitative estimate of drug-likeness (QED) is 0.282. The normalized spacial score (nSPS) is 11.1. The zero-order valence-electron chi connectivity index (χ0n) is 16.0. The Labute approximate surface area is 179 Å². The molecule has 3 rings (SSSR count). The SMILES string of the molecule is CCOCCCn1c(SCC(=O)Nc2nc(C)no2)nc2ccc(Br)cc2c1=O. The van der Waals surface area contributed by atoms with E-state index in [1.54, 1.807) is 23.6 Å². The van der Waals surface area contributed by atoms with Crippen molar-refractivity contribution < 1.29 is 14.1 Å². The fourth-order valence-corrected chi connectivity index (χ4v) is 3.77. The lowest BCUT2D eigenvalue weighted by atomic mass is 10.2. The predicted octanol–water partition coefficient (Wildman–Crippen LogP) is 3.01. The van der Waals surface area contributed by atoms with Crippen LogP contribution in [0.15, 0.2) is 37.1 Å². The van der Waals surface area contributed by atoms with Crippen molar-refractivity contribution >= 4 is 50.5 Å². The van der Waals surface area contributed by atoms with Crippen molar-refractivity contribution in [3.8, 4) is 0 Å². The van der Waals surface area contributed by atoms with Gasteiger partial charge in [0.1, 0.15) is 0 Å². The zero-order chi connectivity index (χ0) is 20.8. The maximum atomic E-state index is 13.0. The molecule has 0 spiro atoms. The molecule has 154 valence electrons. The first-order valence-electron chi connectivity index (χ1n) is 8.98. The summed E-state index contributed by atoms with van der Waals surface area (Å²) in [6.07, 6.45) is 0.663. The van der Waals surface area contributed by atoms with E-state index in [1.165, 1.54) is 11.8 Å². The van der Waals surface area contributed by atoms with Crippen LogP contribution < -0.4 is 10.9 Å². The average molecular weight is 482 g/mol. The predicted molar refractivity (Wildman–Crippen MR) is 113 cm³/mol. The second kappa shape index (κ2) is 9.99. The van der Waals surface area contributed by atoms with Gasteiger partial charge in [0.25, 0.3) is 5.56 Å². The Kier molecular flexibility index (Phi) is 7.40. The minimum absolute atomic E-state index is 0.0403. The molecule has 0 saturated carbocycles. The summed E-state index contributed by atoms with van der Waals surface area (Å²) in [7, 11) is 0. The molecule has 0 aliphatic heterocycles. The van der Waals surface area contributed by atoms with Gasteiger partial charge < -0.3 is 9.26 Å². The number of fused-ring (bicyclic) bond motifs is 1. The van der Waals surface area contributed by atoms with Crippen molar-refractivity contribution in [1.29, 1.82) is 0 Å². The van der Waals surface area contributed by atoms with E-state index in [1.807, 2.05) is 13.0 Å². The number of rotatable bonds is 9. The minimum atomic E-state index is -0.329. The van der Waals surface area contributed by atoms with Crippen LogP contribution in [-0.4, -0.2) is 44.6 Å². The van der Waals surface area contributed by atoms with Crippen LogP contribution in [0.3, 0.4) is 0 Å². The van der Waals surface area contributed by atoms with Gasteiger partial charge in [-0.1, -0.05) is 32.8 Å². The highest BCUT2D eigenvalue weighted by Crippen LogP contribution is 2.21. The van der Waals surface area contributed by atoms with E-state index in [0.29, 0.717) is 48.1 Å². The number of nitrogens with zero attached hydrogens (tertiary/aromatic N) is 4. The summed E-state index contributed by atoms with van der Waals surface area (Å²) in [4.78, 5) is 33.7. The first kappa shape index (κ1) is 21.5. The van der Waals surface area contributed by atoms with Crippen molar-refractivity contribution in [1.82, 2.24) is 19.7 Å². The fraction of sp³-hybridized carbons (Fsp3) is 0.389. The van der Waals surface area contributed by atoms with Gasteiger partial charge in [0.15, 0.2) is 11.0 Å². The van der Waals surface area contributed by atoms with Crippen LogP contribution in [0.25, 0.3) is 10.9 Å². The number of aromatic nitrogens is 4. The van der Waals surface area contributed by atoms with Crippen molar-refractivity contribution in [2.75, 3.05) is 24.3 Å². The molecule has 29 heavy (non-hydrogen) atoms. The molecule has 0 aliphatic carbocycles. The summed E-state index contributed by atoms with van der Waals surface area (Å²) >= 11 is 4.57. The van der Waals surface area contributed by atoms with Gasteiger partial charge in [-0.2, -0.15) is 4.98 Å². The Morgan fingerprint density at radius 3 is 2.93 bits per heavy atom. The Balaban J connectivity index is 1.81. The number of benzene rings is 1. The van der Waals surface area contributed by atoms with Crippen LogP contribution in [-0.2, 0) is 16.1 Å². The summed E-state index contributed by atoms with van der Waals surface area (Å²) in [6, 6.07) is 5.39. The Hall–Kier alpha value is -2.24. The number of aryl methyl sites for hydroxylation is 1.